The molecule has 0 N–H and O–H groups in total. The third-order valence-electron chi connectivity index (χ3n) is 4.16. The maximum Gasteiger partial charge on any atom is 0.263 e. The van der Waals surface area contributed by atoms with Crippen molar-refractivity contribution in [3.63, 3.8) is 0 Å². The highest BCUT2D eigenvalue weighted by Crippen LogP contribution is 2.26. The number of carbonyl (C=O) groups excluding carboxylic acids is 1. The lowest BCUT2D eigenvalue weighted by Gasteiger charge is -2.35. The number of aryl methyl sites for hydroxylation is 1. The Balaban J connectivity index is 1.57. The Morgan fingerprint density at radius 3 is 2.56 bits per heavy atom. The fourth-order valence-corrected chi connectivity index (χ4v) is 2.94. The van der Waals surface area contributed by atoms with Crippen LogP contribution in [0.1, 0.15) is 12.5 Å². The van der Waals surface area contributed by atoms with E-state index in [0.29, 0.717) is 42.9 Å². The monoisotopic (exact) mass is 360 g/mol. The van der Waals surface area contributed by atoms with E-state index in [0.717, 1.165) is 5.56 Å². The molecule has 1 fully saturated rings. The summed E-state index contributed by atoms with van der Waals surface area (Å²) in [5.41, 5.74) is 1.04. The largest absolute Gasteiger partial charge is 0.479 e. The summed E-state index contributed by atoms with van der Waals surface area (Å²) in [5.74, 6) is 1.20. The van der Waals surface area contributed by atoms with Gasteiger partial charge in [0, 0.05) is 38.6 Å². The van der Waals surface area contributed by atoms with Gasteiger partial charge in [-0.3, -0.25) is 4.79 Å². The first-order valence-electron chi connectivity index (χ1n) is 8.28. The average Bonchev–Trinajstić information content (AvgIpc) is 2.65. The Morgan fingerprint density at radius 1 is 1.20 bits per heavy atom. The highest BCUT2D eigenvalue weighted by Gasteiger charge is 2.27. The molecule has 1 amide bonds. The van der Waals surface area contributed by atoms with Crippen LogP contribution in [0.2, 0.25) is 5.02 Å². The molecular weight excluding hydrogens is 340 g/mol. The van der Waals surface area contributed by atoms with Crippen molar-refractivity contribution in [2.45, 2.75) is 20.0 Å². The number of benzene rings is 1. The molecule has 6 nitrogen and oxygen atoms in total. The highest BCUT2D eigenvalue weighted by atomic mass is 35.5. The van der Waals surface area contributed by atoms with E-state index in [-0.39, 0.29) is 5.91 Å². The van der Waals surface area contributed by atoms with E-state index >= 15 is 0 Å². The number of carbonyl (C=O) groups is 1. The molecule has 0 saturated carbocycles. The number of hydrogen-bond donors (Lipinski definition) is 0. The molecule has 25 heavy (non-hydrogen) atoms. The van der Waals surface area contributed by atoms with Gasteiger partial charge in [0.05, 0.1) is 5.02 Å². The molecule has 132 valence electrons. The van der Waals surface area contributed by atoms with Crippen LogP contribution in [0.4, 0.5) is 5.95 Å². The fraction of sp³-hybridized carbons (Fsp3) is 0.389. The van der Waals surface area contributed by atoms with Gasteiger partial charge in [-0.15, -0.1) is 0 Å². The molecule has 3 rings (SSSR count). The van der Waals surface area contributed by atoms with Crippen LogP contribution in [0.15, 0.2) is 36.7 Å². The molecule has 0 radical (unpaired) electrons. The zero-order valence-corrected chi connectivity index (χ0v) is 15.1. The van der Waals surface area contributed by atoms with E-state index in [2.05, 4.69) is 14.9 Å². The van der Waals surface area contributed by atoms with Crippen LogP contribution in [0.5, 0.6) is 5.75 Å². The van der Waals surface area contributed by atoms with Crippen LogP contribution < -0.4 is 9.64 Å². The van der Waals surface area contributed by atoms with E-state index < -0.39 is 6.10 Å². The fourth-order valence-electron chi connectivity index (χ4n) is 2.78. The Bertz CT molecular complexity index is 733. The molecule has 1 aliphatic heterocycles. The summed E-state index contributed by atoms with van der Waals surface area (Å²) < 4.78 is 5.79. The predicted octanol–water partition coefficient (Wildman–Crippen LogP) is 2.55. The molecule has 0 aliphatic carbocycles. The van der Waals surface area contributed by atoms with Gasteiger partial charge in [-0.25, -0.2) is 9.97 Å². The Kier molecular flexibility index (Phi) is 5.38. The second-order valence-electron chi connectivity index (χ2n) is 6.06. The van der Waals surface area contributed by atoms with E-state index in [4.69, 9.17) is 16.3 Å². The van der Waals surface area contributed by atoms with Gasteiger partial charge in [0.25, 0.3) is 5.91 Å². The SMILES string of the molecule is Cc1ccc(Cl)c(OC(C)C(=O)N2CCN(c3ncccn3)CC2)c1. The van der Waals surface area contributed by atoms with Gasteiger partial charge in [0.15, 0.2) is 6.10 Å². The smallest absolute Gasteiger partial charge is 0.263 e. The number of amides is 1. The van der Waals surface area contributed by atoms with Crippen molar-refractivity contribution in [3.05, 3.63) is 47.2 Å². The number of hydrogen-bond acceptors (Lipinski definition) is 5. The molecule has 1 aliphatic rings. The van der Waals surface area contributed by atoms with Gasteiger partial charge >= 0.3 is 0 Å². The molecule has 0 bridgehead atoms. The minimum Gasteiger partial charge on any atom is -0.479 e. The quantitative estimate of drug-likeness (QED) is 0.838. The van der Waals surface area contributed by atoms with E-state index in [9.17, 15) is 4.79 Å². The van der Waals surface area contributed by atoms with Gasteiger partial charge in [-0.1, -0.05) is 17.7 Å². The zero-order valence-electron chi connectivity index (χ0n) is 14.4. The number of piperazine rings is 1. The summed E-state index contributed by atoms with van der Waals surface area (Å²) >= 11 is 6.15. The average molecular weight is 361 g/mol. The van der Waals surface area contributed by atoms with Crippen LogP contribution in [-0.4, -0.2) is 53.1 Å². The number of aromatic nitrogens is 2. The van der Waals surface area contributed by atoms with E-state index in [1.165, 1.54) is 0 Å². The zero-order chi connectivity index (χ0) is 17.8. The van der Waals surface area contributed by atoms with Gasteiger partial charge < -0.3 is 14.5 Å². The van der Waals surface area contributed by atoms with Crippen LogP contribution in [0.3, 0.4) is 0 Å². The van der Waals surface area contributed by atoms with Crippen LogP contribution in [0.25, 0.3) is 0 Å². The summed E-state index contributed by atoms with van der Waals surface area (Å²) in [6.07, 6.45) is 2.86. The van der Waals surface area contributed by atoms with Crippen molar-refractivity contribution in [3.8, 4) is 5.75 Å². The standard InChI is InChI=1S/C18H21ClN4O2/c1-13-4-5-15(19)16(12-13)25-14(2)17(24)22-8-10-23(11-9-22)18-20-6-3-7-21-18/h3-7,12,14H,8-11H2,1-2H3. The number of halogens is 1. The van der Waals surface area contributed by atoms with Crippen molar-refractivity contribution in [2.75, 3.05) is 31.1 Å². The molecule has 1 atom stereocenters. The van der Waals surface area contributed by atoms with E-state index in [1.807, 2.05) is 24.0 Å². The summed E-state index contributed by atoms with van der Waals surface area (Å²) in [6, 6.07) is 7.32. The molecule has 1 aromatic carbocycles. The molecule has 1 aromatic heterocycles. The molecule has 2 heterocycles. The van der Waals surface area contributed by atoms with Gasteiger partial charge in [-0.05, 0) is 37.6 Å². The first-order valence-corrected chi connectivity index (χ1v) is 8.66. The Labute approximate surface area is 152 Å². The second kappa shape index (κ2) is 7.70. The highest BCUT2D eigenvalue weighted by molar-refractivity contribution is 6.32. The van der Waals surface area contributed by atoms with E-state index in [1.54, 1.807) is 31.5 Å². The third kappa shape index (κ3) is 4.20. The lowest BCUT2D eigenvalue weighted by atomic mass is 10.2. The van der Waals surface area contributed by atoms with Crippen molar-refractivity contribution in [1.82, 2.24) is 14.9 Å². The minimum atomic E-state index is -0.584. The number of anilines is 1. The van der Waals surface area contributed by atoms with Gasteiger partial charge in [0.2, 0.25) is 5.95 Å². The first kappa shape index (κ1) is 17.5. The Hall–Kier alpha value is -2.34. The van der Waals surface area contributed by atoms with Crippen LogP contribution >= 0.6 is 11.6 Å². The summed E-state index contributed by atoms with van der Waals surface area (Å²) in [4.78, 5) is 25.0. The summed E-state index contributed by atoms with van der Waals surface area (Å²) in [7, 11) is 0. The number of ether oxygens (including phenoxy) is 1. The lowest BCUT2D eigenvalue weighted by molar-refractivity contribution is -0.138. The van der Waals surface area contributed by atoms with Gasteiger partial charge in [0.1, 0.15) is 5.75 Å². The minimum absolute atomic E-state index is 0.0359. The number of nitrogens with zero attached hydrogens (tertiary/aromatic N) is 4. The lowest BCUT2D eigenvalue weighted by Crippen LogP contribution is -2.52. The van der Waals surface area contributed by atoms with Gasteiger partial charge in [-0.2, -0.15) is 0 Å². The molecule has 0 spiro atoms. The van der Waals surface area contributed by atoms with Crippen LogP contribution in [-0.2, 0) is 4.79 Å². The maximum atomic E-state index is 12.6. The van der Waals surface area contributed by atoms with Crippen molar-refractivity contribution < 1.29 is 9.53 Å². The normalized spacial score (nSPS) is 15.8. The summed E-state index contributed by atoms with van der Waals surface area (Å²) in [6.45, 7) is 6.36. The van der Waals surface area contributed by atoms with Crippen LogP contribution in [0, 0.1) is 6.92 Å². The molecular formula is C18H21ClN4O2. The first-order chi connectivity index (χ1) is 12.0. The molecule has 1 unspecified atom stereocenters. The van der Waals surface area contributed by atoms with Crippen molar-refractivity contribution in [1.29, 1.82) is 0 Å². The Morgan fingerprint density at radius 2 is 1.88 bits per heavy atom. The second-order valence-corrected chi connectivity index (χ2v) is 6.46. The molecule has 1 saturated heterocycles. The third-order valence-corrected chi connectivity index (χ3v) is 4.48. The summed E-state index contributed by atoms with van der Waals surface area (Å²) in [5, 5.41) is 0.510. The molecule has 2 aromatic rings. The molecule has 7 heteroatoms. The number of rotatable bonds is 4. The van der Waals surface area contributed by atoms with Crippen molar-refractivity contribution >= 4 is 23.5 Å². The predicted molar refractivity (Wildman–Crippen MR) is 97.1 cm³/mol. The maximum absolute atomic E-state index is 12.6. The topological polar surface area (TPSA) is 58.6 Å². The van der Waals surface area contributed by atoms with Crippen molar-refractivity contribution in [2.24, 2.45) is 0 Å².